The van der Waals surface area contributed by atoms with Crippen molar-refractivity contribution in [2.45, 2.75) is 25.0 Å². The minimum Gasteiger partial charge on any atom is -0.377 e. The summed E-state index contributed by atoms with van der Waals surface area (Å²) < 4.78 is 11.1. The third-order valence-electron chi connectivity index (χ3n) is 3.43. The van der Waals surface area contributed by atoms with Crippen LogP contribution in [0.2, 0.25) is 0 Å². The lowest BCUT2D eigenvalue weighted by molar-refractivity contribution is -0.210. The van der Waals surface area contributed by atoms with Crippen molar-refractivity contribution in [1.29, 1.82) is 0 Å². The van der Waals surface area contributed by atoms with Gasteiger partial charge in [0.2, 0.25) is 5.91 Å². The lowest BCUT2D eigenvalue weighted by atomic mass is 9.98. The highest BCUT2D eigenvalue weighted by Gasteiger charge is 2.31. The van der Waals surface area contributed by atoms with Crippen molar-refractivity contribution in [3.8, 4) is 0 Å². The van der Waals surface area contributed by atoms with E-state index < -0.39 is 5.79 Å². The molecule has 0 aromatic heterocycles. The lowest BCUT2D eigenvalue weighted by Crippen LogP contribution is -2.38. The zero-order chi connectivity index (χ0) is 15.2. The van der Waals surface area contributed by atoms with E-state index in [9.17, 15) is 4.79 Å². The number of nitrogens with two attached hydrogens (primary N) is 1. The molecule has 0 aliphatic rings. The summed E-state index contributed by atoms with van der Waals surface area (Å²) in [5.41, 5.74) is 7.43. The SMILES string of the molecule is COC(CCC(N)=O)(Cc1ccccc1N(C)C)OC. The van der Waals surface area contributed by atoms with Gasteiger partial charge in [-0.05, 0) is 11.6 Å². The molecular formula is C15H24N2O3. The van der Waals surface area contributed by atoms with Crippen LogP contribution in [0.1, 0.15) is 18.4 Å². The Labute approximate surface area is 120 Å². The first-order valence-corrected chi connectivity index (χ1v) is 6.58. The van der Waals surface area contributed by atoms with E-state index in [0.29, 0.717) is 12.8 Å². The number of benzene rings is 1. The molecule has 0 atom stereocenters. The molecule has 0 fully saturated rings. The van der Waals surface area contributed by atoms with E-state index >= 15 is 0 Å². The Hall–Kier alpha value is -1.59. The van der Waals surface area contributed by atoms with Crippen LogP contribution in [-0.4, -0.2) is 40.0 Å². The fraction of sp³-hybridized carbons (Fsp3) is 0.533. The molecule has 0 saturated heterocycles. The maximum absolute atomic E-state index is 11.0. The highest BCUT2D eigenvalue weighted by Crippen LogP contribution is 2.28. The minimum atomic E-state index is -0.832. The van der Waals surface area contributed by atoms with Gasteiger partial charge >= 0.3 is 0 Å². The van der Waals surface area contributed by atoms with Crippen LogP contribution in [0.25, 0.3) is 0 Å². The standard InChI is InChI=1S/C15H24N2O3/c1-17(2)13-8-6-5-7-12(13)11-15(19-3,20-4)10-9-14(16)18/h5-8H,9-11H2,1-4H3,(H2,16,18). The molecule has 1 aromatic carbocycles. The van der Waals surface area contributed by atoms with Crippen molar-refractivity contribution in [2.75, 3.05) is 33.2 Å². The number of anilines is 1. The van der Waals surface area contributed by atoms with Gasteiger partial charge in [-0.3, -0.25) is 4.79 Å². The van der Waals surface area contributed by atoms with E-state index in [4.69, 9.17) is 15.2 Å². The fourth-order valence-electron chi connectivity index (χ4n) is 2.22. The van der Waals surface area contributed by atoms with Gasteiger partial charge in [-0.2, -0.15) is 0 Å². The molecule has 20 heavy (non-hydrogen) atoms. The van der Waals surface area contributed by atoms with E-state index in [1.54, 1.807) is 14.2 Å². The predicted octanol–water partition coefficient (Wildman–Crippen LogP) is 1.55. The zero-order valence-corrected chi connectivity index (χ0v) is 12.7. The number of rotatable bonds is 8. The second-order valence-electron chi connectivity index (χ2n) is 4.99. The number of amides is 1. The number of primary amides is 1. The third kappa shape index (κ3) is 4.21. The Kier molecular flexibility index (Phi) is 5.98. The van der Waals surface area contributed by atoms with Gasteiger partial charge in [0.25, 0.3) is 0 Å². The average molecular weight is 280 g/mol. The molecule has 1 amide bonds. The van der Waals surface area contributed by atoms with Gasteiger partial charge in [-0.25, -0.2) is 0 Å². The highest BCUT2D eigenvalue weighted by molar-refractivity contribution is 5.73. The number of carbonyl (C=O) groups excluding carboxylic acids is 1. The monoisotopic (exact) mass is 280 g/mol. The molecule has 0 saturated carbocycles. The van der Waals surface area contributed by atoms with E-state index in [2.05, 4.69) is 0 Å². The highest BCUT2D eigenvalue weighted by atomic mass is 16.7. The summed E-state index contributed by atoms with van der Waals surface area (Å²) in [7, 11) is 7.15. The zero-order valence-electron chi connectivity index (χ0n) is 12.7. The molecule has 0 aliphatic heterocycles. The predicted molar refractivity (Wildman–Crippen MR) is 79.7 cm³/mol. The van der Waals surface area contributed by atoms with Crippen LogP contribution in [0.3, 0.4) is 0 Å². The third-order valence-corrected chi connectivity index (χ3v) is 3.43. The summed E-state index contributed by atoms with van der Waals surface area (Å²) in [4.78, 5) is 13.0. The molecule has 2 N–H and O–H groups in total. The average Bonchev–Trinajstić information content (AvgIpc) is 2.43. The molecule has 1 aromatic rings. The Balaban J connectivity index is 2.98. The van der Waals surface area contributed by atoms with Gasteiger partial charge in [-0.15, -0.1) is 0 Å². The summed E-state index contributed by atoms with van der Waals surface area (Å²) >= 11 is 0. The number of nitrogens with zero attached hydrogens (tertiary/aromatic N) is 1. The second-order valence-corrected chi connectivity index (χ2v) is 4.99. The largest absolute Gasteiger partial charge is 0.377 e. The van der Waals surface area contributed by atoms with Crippen LogP contribution in [0.15, 0.2) is 24.3 Å². The van der Waals surface area contributed by atoms with Crippen molar-refractivity contribution >= 4 is 11.6 Å². The minimum absolute atomic E-state index is 0.228. The fourth-order valence-corrected chi connectivity index (χ4v) is 2.22. The molecule has 0 aliphatic carbocycles. The molecule has 112 valence electrons. The summed E-state index contributed by atoms with van der Waals surface area (Å²) in [6, 6.07) is 8.04. The first-order chi connectivity index (χ1) is 9.44. The molecule has 0 spiro atoms. The van der Waals surface area contributed by atoms with Crippen LogP contribution in [0.5, 0.6) is 0 Å². The van der Waals surface area contributed by atoms with Crippen LogP contribution in [-0.2, 0) is 20.7 Å². The molecule has 0 bridgehead atoms. The summed E-state index contributed by atoms with van der Waals surface area (Å²) in [5.74, 6) is -1.19. The first kappa shape index (κ1) is 16.5. The Morgan fingerprint density at radius 1 is 1.25 bits per heavy atom. The van der Waals surface area contributed by atoms with Crippen LogP contribution in [0, 0.1) is 0 Å². The van der Waals surface area contributed by atoms with Gasteiger partial charge in [0.1, 0.15) is 0 Å². The van der Waals surface area contributed by atoms with Gasteiger partial charge in [0, 0.05) is 53.3 Å². The number of carbonyl (C=O) groups is 1. The molecule has 5 nitrogen and oxygen atoms in total. The van der Waals surface area contributed by atoms with Crippen molar-refractivity contribution in [1.82, 2.24) is 0 Å². The van der Waals surface area contributed by atoms with Gasteiger partial charge in [0.05, 0.1) is 0 Å². The topological polar surface area (TPSA) is 64.8 Å². The van der Waals surface area contributed by atoms with E-state index in [0.717, 1.165) is 11.3 Å². The Bertz CT molecular complexity index is 442. The van der Waals surface area contributed by atoms with E-state index in [-0.39, 0.29) is 12.3 Å². The maximum atomic E-state index is 11.0. The Morgan fingerprint density at radius 3 is 2.35 bits per heavy atom. The molecular weight excluding hydrogens is 256 g/mol. The molecule has 1 rings (SSSR count). The van der Waals surface area contributed by atoms with Gasteiger partial charge in [0.15, 0.2) is 5.79 Å². The summed E-state index contributed by atoms with van der Waals surface area (Å²) in [6.45, 7) is 0. The molecule has 0 heterocycles. The van der Waals surface area contributed by atoms with Crippen molar-refractivity contribution in [3.05, 3.63) is 29.8 Å². The van der Waals surface area contributed by atoms with Gasteiger partial charge in [-0.1, -0.05) is 18.2 Å². The quantitative estimate of drug-likeness (QED) is 0.734. The normalized spacial score (nSPS) is 11.4. The van der Waals surface area contributed by atoms with Crippen molar-refractivity contribution < 1.29 is 14.3 Å². The molecule has 0 radical (unpaired) electrons. The Morgan fingerprint density at radius 2 is 1.85 bits per heavy atom. The smallest absolute Gasteiger partial charge is 0.217 e. The summed E-state index contributed by atoms with van der Waals surface area (Å²) in [6.07, 6.45) is 1.21. The lowest BCUT2D eigenvalue weighted by Gasteiger charge is -2.32. The van der Waals surface area contributed by atoms with Crippen LogP contribution in [0.4, 0.5) is 5.69 Å². The van der Waals surface area contributed by atoms with Crippen LogP contribution >= 0.6 is 0 Å². The number of methoxy groups -OCH3 is 2. The first-order valence-electron chi connectivity index (χ1n) is 6.58. The molecule has 0 unspecified atom stereocenters. The van der Waals surface area contributed by atoms with Crippen molar-refractivity contribution in [2.24, 2.45) is 5.73 Å². The second kappa shape index (κ2) is 7.26. The van der Waals surface area contributed by atoms with E-state index in [1.807, 2.05) is 43.3 Å². The van der Waals surface area contributed by atoms with Crippen molar-refractivity contribution in [3.63, 3.8) is 0 Å². The number of hydrogen-bond acceptors (Lipinski definition) is 4. The number of para-hydroxylation sites is 1. The maximum Gasteiger partial charge on any atom is 0.217 e. The van der Waals surface area contributed by atoms with E-state index in [1.165, 1.54) is 0 Å². The number of ether oxygens (including phenoxy) is 2. The van der Waals surface area contributed by atoms with Gasteiger partial charge < -0.3 is 20.1 Å². The summed E-state index contributed by atoms with van der Waals surface area (Å²) in [5, 5.41) is 0. The molecule has 5 heteroatoms. The van der Waals surface area contributed by atoms with Crippen LogP contribution < -0.4 is 10.6 Å². The number of hydrogen-bond donors (Lipinski definition) is 1.